The molecular formula is C47H58N6O7S. The molecule has 324 valence electrons. The average molecular weight is 851 g/mol. The van der Waals surface area contributed by atoms with E-state index in [-0.39, 0.29) is 24.7 Å². The number of carbonyl (C=O) groups excluding carboxylic acids is 3. The van der Waals surface area contributed by atoms with Crippen molar-refractivity contribution < 1.29 is 32.3 Å². The van der Waals surface area contributed by atoms with Gasteiger partial charge in [-0.3, -0.25) is 24.5 Å². The van der Waals surface area contributed by atoms with Gasteiger partial charge in [0.15, 0.2) is 0 Å². The lowest BCUT2D eigenvalue weighted by molar-refractivity contribution is -0.132. The van der Waals surface area contributed by atoms with Crippen LogP contribution in [-0.2, 0) is 30.2 Å². The molecule has 3 aromatic carbocycles. The molecule has 0 radical (unpaired) electrons. The molecule has 3 saturated carbocycles. The van der Waals surface area contributed by atoms with Crippen LogP contribution in [0.4, 0.5) is 0 Å². The van der Waals surface area contributed by atoms with Crippen LogP contribution in [0.2, 0.25) is 0 Å². The SMILES string of the molecule is C=CC1C[C@]1(NC(=O)C1C[C@@H](Oc2cc(-c3ccccc3)nc3cc(OC)ccc23)C[C@H]1NNC(C(=O)NCC1CCCCC1)C(C)C)C(=O)NS(=O)(=O)Cc1ccccc1. The zero-order valence-electron chi connectivity index (χ0n) is 35.2. The minimum atomic E-state index is -4.09. The summed E-state index contributed by atoms with van der Waals surface area (Å²) >= 11 is 0. The molecule has 3 amide bonds. The highest BCUT2D eigenvalue weighted by Crippen LogP contribution is 2.46. The number of pyridine rings is 1. The van der Waals surface area contributed by atoms with Crippen LogP contribution in [0.15, 0.2) is 97.6 Å². The first kappa shape index (κ1) is 43.8. The van der Waals surface area contributed by atoms with Crippen molar-refractivity contribution in [3.8, 4) is 22.8 Å². The standard InChI is InChI=1S/C47H58N6O7S/c1-5-34-27-47(34,46(56)53-61(57,58)29-32-17-11-7-12-18-32)50-44(54)38-23-36(25-41(38)51-52-43(30(2)3)45(55)48-28-31-15-9-6-10-16-31)60-42-26-39(33-19-13-8-14-20-33)49-40-24-35(59-4)21-22-37(40)42/h5,7-8,11-14,17-22,24,26,30-31,34,36,38,41,43,51-52H,1,6,9-10,15-16,23,25,27-29H2,2-4H3,(H,48,55)(H,50,54)(H,53,56)/t34?,36-,38?,41-,43?,47-/m1/s1. The predicted octanol–water partition coefficient (Wildman–Crippen LogP) is 5.96. The molecule has 3 unspecified atom stereocenters. The molecule has 3 fully saturated rings. The fraction of sp³-hybridized carbons (Fsp3) is 0.447. The number of sulfonamides is 1. The summed E-state index contributed by atoms with van der Waals surface area (Å²) in [5.74, 6) is -1.37. The summed E-state index contributed by atoms with van der Waals surface area (Å²) in [7, 11) is -2.49. The third kappa shape index (κ3) is 10.6. The summed E-state index contributed by atoms with van der Waals surface area (Å²) in [4.78, 5) is 46.9. The molecule has 14 heteroatoms. The van der Waals surface area contributed by atoms with Gasteiger partial charge in [-0.1, -0.05) is 99.8 Å². The first-order chi connectivity index (χ1) is 29.4. The number of nitrogens with zero attached hydrogens (tertiary/aromatic N) is 1. The monoisotopic (exact) mass is 850 g/mol. The number of aromatic nitrogens is 1. The summed E-state index contributed by atoms with van der Waals surface area (Å²) in [6.45, 7) is 8.42. The molecule has 1 heterocycles. The number of rotatable bonds is 18. The number of fused-ring (bicyclic) bond motifs is 1. The van der Waals surface area contributed by atoms with E-state index in [0.717, 1.165) is 23.8 Å². The van der Waals surface area contributed by atoms with E-state index in [1.165, 1.54) is 19.3 Å². The Kier molecular flexibility index (Phi) is 13.8. The van der Waals surface area contributed by atoms with Gasteiger partial charge in [-0.15, -0.1) is 6.58 Å². The van der Waals surface area contributed by atoms with Gasteiger partial charge in [0.25, 0.3) is 5.91 Å². The van der Waals surface area contributed by atoms with Crippen molar-refractivity contribution in [3.63, 3.8) is 0 Å². The number of ether oxygens (including phenoxy) is 2. The second-order valence-corrected chi connectivity index (χ2v) is 18.8. The van der Waals surface area contributed by atoms with Crippen molar-refractivity contribution in [1.29, 1.82) is 0 Å². The Hall–Kier alpha value is -5.31. The Balaban J connectivity index is 1.13. The zero-order valence-corrected chi connectivity index (χ0v) is 36.0. The second kappa shape index (κ2) is 19.2. The van der Waals surface area contributed by atoms with Crippen LogP contribution in [0, 0.1) is 23.7 Å². The number of hydrogen-bond donors (Lipinski definition) is 5. The first-order valence-electron chi connectivity index (χ1n) is 21.4. The number of benzene rings is 3. The van der Waals surface area contributed by atoms with E-state index in [2.05, 4.69) is 32.8 Å². The quantitative estimate of drug-likeness (QED) is 0.0594. The van der Waals surface area contributed by atoms with Crippen LogP contribution in [0.3, 0.4) is 0 Å². The van der Waals surface area contributed by atoms with Crippen LogP contribution >= 0.6 is 0 Å². The van der Waals surface area contributed by atoms with Crippen molar-refractivity contribution >= 4 is 38.6 Å². The Bertz CT molecular complexity index is 2300. The summed E-state index contributed by atoms with van der Waals surface area (Å²) in [5.41, 5.74) is 7.93. The van der Waals surface area contributed by atoms with E-state index in [4.69, 9.17) is 14.5 Å². The summed E-state index contributed by atoms with van der Waals surface area (Å²) in [6, 6.07) is 24.7. The molecule has 3 aliphatic rings. The van der Waals surface area contributed by atoms with Crippen LogP contribution < -0.4 is 35.7 Å². The van der Waals surface area contributed by atoms with Crippen molar-refractivity contribution in [3.05, 3.63) is 103 Å². The highest BCUT2D eigenvalue weighted by molar-refractivity contribution is 7.89. The maximum Gasteiger partial charge on any atom is 0.259 e. The van der Waals surface area contributed by atoms with Gasteiger partial charge >= 0.3 is 0 Å². The molecule has 3 aliphatic carbocycles. The molecule has 0 aliphatic heterocycles. The van der Waals surface area contributed by atoms with Gasteiger partial charge < -0.3 is 20.1 Å². The van der Waals surface area contributed by atoms with Crippen molar-refractivity contribution in [2.45, 2.75) is 94.7 Å². The van der Waals surface area contributed by atoms with Gasteiger partial charge in [0.1, 0.15) is 29.2 Å². The third-order valence-corrected chi connectivity index (χ3v) is 13.6. The smallest absolute Gasteiger partial charge is 0.259 e. The van der Waals surface area contributed by atoms with Gasteiger partial charge in [-0.2, -0.15) is 0 Å². The Morgan fingerprint density at radius 2 is 1.67 bits per heavy atom. The lowest BCUT2D eigenvalue weighted by atomic mass is 9.89. The highest BCUT2D eigenvalue weighted by atomic mass is 32.2. The minimum absolute atomic E-state index is 0.0826. The molecule has 5 N–H and O–H groups in total. The van der Waals surface area contributed by atoms with Crippen molar-refractivity contribution in [2.24, 2.45) is 23.7 Å². The molecule has 13 nitrogen and oxygen atoms in total. The number of hydrogen-bond acceptors (Lipinski definition) is 10. The van der Waals surface area contributed by atoms with E-state index in [1.807, 2.05) is 68.4 Å². The maximum atomic E-state index is 14.5. The van der Waals surface area contributed by atoms with Gasteiger partial charge in [0, 0.05) is 48.0 Å². The highest BCUT2D eigenvalue weighted by Gasteiger charge is 2.61. The molecule has 4 aromatic rings. The maximum absolute atomic E-state index is 14.5. The molecule has 0 spiro atoms. The van der Waals surface area contributed by atoms with Crippen LogP contribution in [0.1, 0.15) is 70.8 Å². The van der Waals surface area contributed by atoms with Gasteiger partial charge in [-0.25, -0.2) is 18.8 Å². The normalized spacial score (nSPS) is 23.2. The molecule has 0 bridgehead atoms. The molecular weight excluding hydrogens is 793 g/mol. The molecule has 6 atom stereocenters. The topological polar surface area (TPSA) is 177 Å². The van der Waals surface area contributed by atoms with Gasteiger partial charge in [0.05, 0.1) is 30.0 Å². The zero-order chi connectivity index (χ0) is 43.1. The van der Waals surface area contributed by atoms with E-state index >= 15 is 0 Å². The molecule has 61 heavy (non-hydrogen) atoms. The number of hydrazine groups is 1. The number of carbonyl (C=O) groups is 3. The lowest BCUT2D eigenvalue weighted by Gasteiger charge is -2.29. The Morgan fingerprint density at radius 1 is 0.951 bits per heavy atom. The second-order valence-electron chi connectivity index (χ2n) is 17.1. The third-order valence-electron chi connectivity index (χ3n) is 12.4. The summed E-state index contributed by atoms with van der Waals surface area (Å²) in [5, 5.41) is 6.89. The van der Waals surface area contributed by atoms with E-state index in [9.17, 15) is 22.8 Å². The van der Waals surface area contributed by atoms with Crippen LogP contribution in [0.5, 0.6) is 11.5 Å². The summed E-state index contributed by atoms with van der Waals surface area (Å²) < 4.78 is 40.9. The Labute approximate surface area is 358 Å². The number of nitrogens with one attached hydrogen (secondary N) is 5. The van der Waals surface area contributed by atoms with Gasteiger partial charge in [-0.05, 0) is 55.2 Å². The summed E-state index contributed by atoms with van der Waals surface area (Å²) in [6.07, 6.45) is 7.72. The molecule has 1 aromatic heterocycles. The average Bonchev–Trinajstić information content (AvgIpc) is 3.83. The largest absolute Gasteiger partial charge is 0.497 e. The Morgan fingerprint density at radius 3 is 2.34 bits per heavy atom. The first-order valence-corrected chi connectivity index (χ1v) is 23.1. The van der Waals surface area contributed by atoms with Crippen molar-refractivity contribution in [1.82, 2.24) is 31.2 Å². The van der Waals surface area contributed by atoms with Crippen LogP contribution in [-0.4, -0.2) is 68.5 Å². The van der Waals surface area contributed by atoms with E-state index < -0.39 is 63.2 Å². The molecule has 0 saturated heterocycles. The molecule has 7 rings (SSSR count). The van der Waals surface area contributed by atoms with E-state index in [0.29, 0.717) is 47.2 Å². The van der Waals surface area contributed by atoms with E-state index in [1.54, 1.807) is 43.5 Å². The number of amides is 3. The van der Waals surface area contributed by atoms with Crippen LogP contribution in [0.25, 0.3) is 22.2 Å². The lowest BCUT2D eigenvalue weighted by Crippen LogP contribution is -2.58. The predicted molar refractivity (Wildman–Crippen MR) is 236 cm³/mol. The minimum Gasteiger partial charge on any atom is -0.497 e. The number of methoxy groups -OCH3 is 1. The fourth-order valence-corrected chi connectivity index (χ4v) is 9.93. The van der Waals surface area contributed by atoms with Gasteiger partial charge in [0.2, 0.25) is 21.8 Å². The van der Waals surface area contributed by atoms with Crippen molar-refractivity contribution in [2.75, 3.05) is 13.7 Å². The fourth-order valence-electron chi connectivity index (χ4n) is 8.76.